The maximum Gasteiger partial charge on any atom is 0.418 e. The third-order valence-corrected chi connectivity index (χ3v) is 4.26. The second-order valence-electron chi connectivity index (χ2n) is 4.38. The number of hydrogen-bond donors (Lipinski definition) is 1. The number of thiophene rings is 1. The minimum atomic E-state index is -4.53. The van der Waals surface area contributed by atoms with Crippen LogP contribution in [0.4, 0.5) is 18.9 Å². The first kappa shape index (κ1) is 15.7. The van der Waals surface area contributed by atoms with Gasteiger partial charge in [-0.2, -0.15) is 18.4 Å². The summed E-state index contributed by atoms with van der Waals surface area (Å²) in [5.74, 6) is 0. The lowest BCUT2D eigenvalue weighted by molar-refractivity contribution is -0.137. The number of rotatable bonds is 3. The third-order valence-electron chi connectivity index (χ3n) is 2.85. The van der Waals surface area contributed by atoms with Gasteiger partial charge in [0.15, 0.2) is 0 Å². The van der Waals surface area contributed by atoms with Crippen LogP contribution in [0.5, 0.6) is 0 Å². The number of hydrogen-bond acceptors (Lipinski definition) is 3. The molecule has 0 radical (unpaired) electrons. The molecule has 21 heavy (non-hydrogen) atoms. The van der Waals surface area contributed by atoms with Crippen molar-refractivity contribution in [2.75, 3.05) is 5.32 Å². The van der Waals surface area contributed by atoms with Gasteiger partial charge in [0.1, 0.15) is 0 Å². The highest BCUT2D eigenvalue weighted by molar-refractivity contribution is 7.16. The molecule has 0 saturated carbocycles. The van der Waals surface area contributed by atoms with Crippen molar-refractivity contribution in [3.8, 4) is 6.07 Å². The zero-order valence-electron chi connectivity index (χ0n) is 10.8. The fraction of sp³-hybridized carbons (Fsp3) is 0.214. The zero-order chi connectivity index (χ0) is 15.6. The molecule has 1 unspecified atom stereocenters. The van der Waals surface area contributed by atoms with Crippen molar-refractivity contribution in [2.45, 2.75) is 19.1 Å². The quantitative estimate of drug-likeness (QED) is 0.810. The highest BCUT2D eigenvalue weighted by atomic mass is 35.5. The summed E-state index contributed by atoms with van der Waals surface area (Å²) in [4.78, 5) is 0.831. The van der Waals surface area contributed by atoms with Gasteiger partial charge in [-0.05, 0) is 37.3 Å². The predicted molar refractivity (Wildman–Crippen MR) is 77.5 cm³/mol. The van der Waals surface area contributed by atoms with Crippen LogP contribution in [0.1, 0.15) is 29.0 Å². The molecule has 0 spiro atoms. The Morgan fingerprint density at radius 3 is 2.52 bits per heavy atom. The maximum absolute atomic E-state index is 13.1. The monoisotopic (exact) mass is 330 g/mol. The van der Waals surface area contributed by atoms with Gasteiger partial charge < -0.3 is 5.32 Å². The lowest BCUT2D eigenvalue weighted by Gasteiger charge is -2.18. The molecule has 2 rings (SSSR count). The maximum atomic E-state index is 13.1. The van der Waals surface area contributed by atoms with E-state index in [2.05, 4.69) is 5.32 Å². The second kappa shape index (κ2) is 5.96. The van der Waals surface area contributed by atoms with Crippen LogP contribution in [0.3, 0.4) is 0 Å². The third kappa shape index (κ3) is 3.69. The van der Waals surface area contributed by atoms with E-state index in [0.29, 0.717) is 4.34 Å². The van der Waals surface area contributed by atoms with Crippen molar-refractivity contribution in [2.24, 2.45) is 0 Å². The molecule has 1 aromatic heterocycles. The Hall–Kier alpha value is -1.71. The lowest BCUT2D eigenvalue weighted by Crippen LogP contribution is -2.13. The molecule has 0 aliphatic heterocycles. The van der Waals surface area contributed by atoms with Gasteiger partial charge in [0.2, 0.25) is 0 Å². The smallest absolute Gasteiger partial charge is 0.377 e. The molecule has 2 aromatic rings. The Kier molecular flexibility index (Phi) is 4.45. The summed E-state index contributed by atoms with van der Waals surface area (Å²) < 4.78 is 39.7. The van der Waals surface area contributed by atoms with Crippen LogP contribution in [0.2, 0.25) is 4.34 Å². The standard InChI is InChI=1S/C14H10ClF3N2S/c1-8(12-4-5-13(15)21-12)20-11-3-2-9(7-19)6-10(11)14(16,17)18/h2-6,8,20H,1H3. The summed E-state index contributed by atoms with van der Waals surface area (Å²) in [7, 11) is 0. The van der Waals surface area contributed by atoms with Gasteiger partial charge in [0.05, 0.1) is 27.6 Å². The van der Waals surface area contributed by atoms with Crippen molar-refractivity contribution < 1.29 is 13.2 Å². The molecule has 0 aliphatic carbocycles. The van der Waals surface area contributed by atoms with Crippen LogP contribution < -0.4 is 5.32 Å². The molecule has 110 valence electrons. The Morgan fingerprint density at radius 2 is 2.00 bits per heavy atom. The first-order valence-corrected chi connectivity index (χ1v) is 7.14. The second-order valence-corrected chi connectivity index (χ2v) is 6.12. The Balaban J connectivity index is 2.33. The number of benzene rings is 1. The summed E-state index contributed by atoms with van der Waals surface area (Å²) in [6.07, 6.45) is -4.53. The van der Waals surface area contributed by atoms with Gasteiger partial charge in [-0.1, -0.05) is 11.6 Å². The Bertz CT molecular complexity index is 688. The van der Waals surface area contributed by atoms with Crippen molar-refractivity contribution >= 4 is 28.6 Å². The first-order chi connectivity index (χ1) is 9.81. The van der Waals surface area contributed by atoms with Crippen LogP contribution in [-0.4, -0.2) is 0 Å². The van der Waals surface area contributed by atoms with E-state index in [4.69, 9.17) is 16.9 Å². The van der Waals surface area contributed by atoms with Crippen molar-refractivity contribution in [3.05, 3.63) is 50.7 Å². The molecule has 0 aliphatic rings. The van der Waals surface area contributed by atoms with Gasteiger partial charge in [-0.3, -0.25) is 0 Å². The minimum Gasteiger partial charge on any atom is -0.377 e. The minimum absolute atomic E-state index is 0.0281. The summed E-state index contributed by atoms with van der Waals surface area (Å²) >= 11 is 7.13. The SMILES string of the molecule is CC(Nc1ccc(C#N)cc1C(F)(F)F)c1ccc(Cl)s1. The first-order valence-electron chi connectivity index (χ1n) is 5.94. The molecule has 7 heteroatoms. The van der Waals surface area contributed by atoms with Gasteiger partial charge in [-0.25, -0.2) is 0 Å². The van der Waals surface area contributed by atoms with Crippen LogP contribution in [-0.2, 0) is 6.18 Å². The molecule has 0 amide bonds. The molecule has 1 N–H and O–H groups in total. The number of anilines is 1. The van der Waals surface area contributed by atoms with E-state index < -0.39 is 11.7 Å². The summed E-state index contributed by atoms with van der Waals surface area (Å²) in [5, 5.41) is 11.6. The average Bonchev–Trinajstić information content (AvgIpc) is 2.84. The van der Waals surface area contributed by atoms with E-state index in [0.717, 1.165) is 10.9 Å². The number of nitrogens with zero attached hydrogens (tertiary/aromatic N) is 1. The lowest BCUT2D eigenvalue weighted by atomic mass is 10.1. The van der Waals surface area contributed by atoms with E-state index in [1.54, 1.807) is 25.1 Å². The fourth-order valence-corrected chi connectivity index (χ4v) is 2.90. The molecule has 0 fully saturated rings. The highest BCUT2D eigenvalue weighted by Gasteiger charge is 2.34. The molecule has 0 saturated heterocycles. The predicted octanol–water partition coefficient (Wildman–Crippen LogP) is 5.47. The van der Waals surface area contributed by atoms with Crippen LogP contribution in [0, 0.1) is 11.3 Å². The van der Waals surface area contributed by atoms with E-state index in [1.165, 1.54) is 23.5 Å². The summed E-state index contributed by atoms with van der Waals surface area (Å²) in [6.45, 7) is 1.75. The van der Waals surface area contributed by atoms with Crippen molar-refractivity contribution in [3.63, 3.8) is 0 Å². The fourth-order valence-electron chi connectivity index (χ4n) is 1.84. The normalized spacial score (nSPS) is 12.8. The number of nitriles is 1. The number of halogens is 4. The summed E-state index contributed by atoms with van der Waals surface area (Å²) in [5.41, 5.74) is -0.936. The molecule has 1 aromatic carbocycles. The van der Waals surface area contributed by atoms with E-state index in [1.807, 2.05) is 0 Å². The van der Waals surface area contributed by atoms with Gasteiger partial charge in [0.25, 0.3) is 0 Å². The van der Waals surface area contributed by atoms with Crippen LogP contribution >= 0.6 is 22.9 Å². The van der Waals surface area contributed by atoms with E-state index in [-0.39, 0.29) is 17.3 Å². The molecule has 1 heterocycles. The van der Waals surface area contributed by atoms with E-state index >= 15 is 0 Å². The van der Waals surface area contributed by atoms with E-state index in [9.17, 15) is 13.2 Å². The summed E-state index contributed by atoms with van der Waals surface area (Å²) in [6, 6.07) is 8.32. The Labute approximate surface area is 128 Å². The highest BCUT2D eigenvalue weighted by Crippen LogP contribution is 2.37. The largest absolute Gasteiger partial charge is 0.418 e. The molecule has 0 bridgehead atoms. The Morgan fingerprint density at radius 1 is 1.29 bits per heavy atom. The van der Waals surface area contributed by atoms with Crippen molar-refractivity contribution in [1.29, 1.82) is 5.26 Å². The number of alkyl halides is 3. The van der Waals surface area contributed by atoms with Gasteiger partial charge in [-0.15, -0.1) is 11.3 Å². The van der Waals surface area contributed by atoms with Gasteiger partial charge in [0, 0.05) is 10.6 Å². The number of nitrogens with one attached hydrogen (secondary N) is 1. The topological polar surface area (TPSA) is 35.8 Å². The molecular formula is C14H10ClF3N2S. The molecule has 1 atom stereocenters. The molecule has 2 nitrogen and oxygen atoms in total. The van der Waals surface area contributed by atoms with Crippen LogP contribution in [0.15, 0.2) is 30.3 Å². The van der Waals surface area contributed by atoms with Crippen LogP contribution in [0.25, 0.3) is 0 Å². The zero-order valence-corrected chi connectivity index (χ0v) is 12.4. The van der Waals surface area contributed by atoms with Gasteiger partial charge >= 0.3 is 6.18 Å². The molecular weight excluding hydrogens is 321 g/mol. The van der Waals surface area contributed by atoms with Crippen molar-refractivity contribution in [1.82, 2.24) is 0 Å². The average molecular weight is 331 g/mol.